The molecule has 1 aromatic heterocycles. The van der Waals surface area contributed by atoms with E-state index < -0.39 is 10.8 Å². The number of amides is 1. The molecule has 108 valence electrons. The summed E-state index contributed by atoms with van der Waals surface area (Å²) in [7, 11) is 0. The van der Waals surface area contributed by atoms with E-state index in [4.69, 9.17) is 34.7 Å². The SMILES string of the molecule is NC(=O)c1c(Cl)nnc(Cl)c1-c1cc([N+](=O)[O-])ccc1N. The molecule has 0 aliphatic carbocycles. The summed E-state index contributed by atoms with van der Waals surface area (Å²) in [6, 6.07) is 3.68. The molecule has 2 aromatic rings. The van der Waals surface area contributed by atoms with Gasteiger partial charge in [-0.3, -0.25) is 14.9 Å². The van der Waals surface area contributed by atoms with Gasteiger partial charge >= 0.3 is 0 Å². The van der Waals surface area contributed by atoms with E-state index in [9.17, 15) is 14.9 Å². The molecule has 0 atom stereocenters. The standard InChI is InChI=1S/C11H7Cl2N5O3/c12-9-7(8(11(15)19)10(13)17-16-9)5-3-4(18(20)21)1-2-6(5)14/h1-3H,14H2,(H2,15,19). The number of non-ortho nitro benzene ring substituents is 1. The van der Waals surface area contributed by atoms with Crippen LogP contribution in [-0.2, 0) is 0 Å². The van der Waals surface area contributed by atoms with Crippen molar-refractivity contribution in [3.05, 3.63) is 44.2 Å². The van der Waals surface area contributed by atoms with Gasteiger partial charge in [0, 0.05) is 28.9 Å². The molecule has 1 aromatic carbocycles. The van der Waals surface area contributed by atoms with Crippen LogP contribution in [0.5, 0.6) is 0 Å². The van der Waals surface area contributed by atoms with E-state index >= 15 is 0 Å². The largest absolute Gasteiger partial charge is 0.398 e. The van der Waals surface area contributed by atoms with Gasteiger partial charge in [-0.1, -0.05) is 23.2 Å². The van der Waals surface area contributed by atoms with Crippen LogP contribution >= 0.6 is 23.2 Å². The van der Waals surface area contributed by atoms with E-state index in [1.54, 1.807) is 0 Å². The molecule has 0 bridgehead atoms. The molecule has 0 fully saturated rings. The number of halogens is 2. The Balaban J connectivity index is 2.84. The molecule has 0 spiro atoms. The molecule has 21 heavy (non-hydrogen) atoms. The second kappa shape index (κ2) is 5.51. The molecule has 1 heterocycles. The minimum Gasteiger partial charge on any atom is -0.398 e. The van der Waals surface area contributed by atoms with Crippen LogP contribution in [0.15, 0.2) is 18.2 Å². The van der Waals surface area contributed by atoms with Crippen LogP contribution in [0.3, 0.4) is 0 Å². The van der Waals surface area contributed by atoms with Crippen LogP contribution in [0.2, 0.25) is 10.3 Å². The normalized spacial score (nSPS) is 10.4. The average molecular weight is 328 g/mol. The minimum atomic E-state index is -0.905. The van der Waals surface area contributed by atoms with E-state index in [0.29, 0.717) is 0 Å². The molecule has 0 unspecified atom stereocenters. The van der Waals surface area contributed by atoms with Crippen molar-refractivity contribution < 1.29 is 9.72 Å². The smallest absolute Gasteiger partial charge is 0.270 e. The van der Waals surface area contributed by atoms with Gasteiger partial charge in [-0.15, -0.1) is 10.2 Å². The summed E-state index contributed by atoms with van der Waals surface area (Å²) in [5, 5.41) is 17.4. The van der Waals surface area contributed by atoms with E-state index in [1.165, 1.54) is 12.1 Å². The zero-order chi connectivity index (χ0) is 15.7. The summed E-state index contributed by atoms with van der Waals surface area (Å²) in [5.74, 6) is -0.905. The lowest BCUT2D eigenvalue weighted by molar-refractivity contribution is -0.384. The van der Waals surface area contributed by atoms with Crippen LogP contribution < -0.4 is 11.5 Å². The predicted molar refractivity (Wildman–Crippen MR) is 77.1 cm³/mol. The fourth-order valence-corrected chi connectivity index (χ4v) is 2.20. The number of nitrogen functional groups attached to an aromatic ring is 1. The van der Waals surface area contributed by atoms with E-state index in [2.05, 4.69) is 10.2 Å². The maximum Gasteiger partial charge on any atom is 0.270 e. The van der Waals surface area contributed by atoms with Crippen molar-refractivity contribution in [1.82, 2.24) is 10.2 Å². The lowest BCUT2D eigenvalue weighted by Gasteiger charge is -2.11. The van der Waals surface area contributed by atoms with Crippen molar-refractivity contribution in [3.8, 4) is 11.1 Å². The quantitative estimate of drug-likeness (QED) is 0.502. The Morgan fingerprint density at radius 3 is 2.43 bits per heavy atom. The molecular weight excluding hydrogens is 321 g/mol. The Bertz CT molecular complexity index is 766. The predicted octanol–water partition coefficient (Wildman–Crippen LogP) is 2.04. The van der Waals surface area contributed by atoms with E-state index in [1.807, 2.05) is 0 Å². The first-order valence-electron chi connectivity index (χ1n) is 5.38. The number of hydrogen-bond donors (Lipinski definition) is 2. The van der Waals surface area contributed by atoms with Crippen molar-refractivity contribution in [3.63, 3.8) is 0 Å². The Labute approximate surface area is 127 Å². The van der Waals surface area contributed by atoms with Crippen LogP contribution in [0.1, 0.15) is 10.4 Å². The molecule has 0 aliphatic rings. The lowest BCUT2D eigenvalue weighted by Crippen LogP contribution is -2.15. The van der Waals surface area contributed by atoms with Gasteiger partial charge in [0.25, 0.3) is 11.6 Å². The Morgan fingerprint density at radius 1 is 1.24 bits per heavy atom. The first-order valence-corrected chi connectivity index (χ1v) is 6.14. The first kappa shape index (κ1) is 14.9. The van der Waals surface area contributed by atoms with Crippen LogP contribution in [-0.4, -0.2) is 21.0 Å². The monoisotopic (exact) mass is 327 g/mol. The molecule has 8 nitrogen and oxygen atoms in total. The zero-order valence-electron chi connectivity index (χ0n) is 10.2. The number of aromatic nitrogens is 2. The number of hydrogen-bond acceptors (Lipinski definition) is 6. The summed E-state index contributed by atoms with van der Waals surface area (Å²) < 4.78 is 0. The van der Waals surface area contributed by atoms with Crippen molar-refractivity contribution in [2.45, 2.75) is 0 Å². The van der Waals surface area contributed by atoms with E-state index in [-0.39, 0.29) is 38.4 Å². The number of carbonyl (C=O) groups excluding carboxylic acids is 1. The first-order chi connectivity index (χ1) is 9.82. The topological polar surface area (TPSA) is 138 Å². The number of nitro benzene ring substituents is 1. The summed E-state index contributed by atoms with van der Waals surface area (Å²) >= 11 is 11.7. The van der Waals surface area contributed by atoms with Crippen molar-refractivity contribution >= 4 is 40.5 Å². The number of primary amides is 1. The maximum absolute atomic E-state index is 11.5. The second-order valence-electron chi connectivity index (χ2n) is 3.92. The highest BCUT2D eigenvalue weighted by atomic mass is 35.5. The van der Waals surface area contributed by atoms with Crippen molar-refractivity contribution in [2.24, 2.45) is 5.73 Å². The van der Waals surface area contributed by atoms with Gasteiger partial charge in [-0.05, 0) is 6.07 Å². The van der Waals surface area contributed by atoms with Crippen LogP contribution in [0.4, 0.5) is 11.4 Å². The maximum atomic E-state index is 11.5. The molecule has 4 N–H and O–H groups in total. The van der Waals surface area contributed by atoms with Crippen LogP contribution in [0.25, 0.3) is 11.1 Å². The molecule has 1 amide bonds. The summed E-state index contributed by atoms with van der Waals surface area (Å²) in [6.45, 7) is 0. The van der Waals surface area contributed by atoms with Crippen LogP contribution in [0, 0.1) is 10.1 Å². The molecule has 10 heteroatoms. The van der Waals surface area contributed by atoms with Gasteiger partial charge in [0.05, 0.1) is 10.5 Å². The van der Waals surface area contributed by atoms with Gasteiger partial charge in [-0.25, -0.2) is 0 Å². The van der Waals surface area contributed by atoms with Crippen molar-refractivity contribution in [2.75, 3.05) is 5.73 Å². The molecule has 0 radical (unpaired) electrons. The summed E-state index contributed by atoms with van der Waals surface area (Å²) in [6.07, 6.45) is 0. The minimum absolute atomic E-state index is 0.00497. The lowest BCUT2D eigenvalue weighted by atomic mass is 10.0. The molecule has 0 aliphatic heterocycles. The molecular formula is C11H7Cl2N5O3. The number of anilines is 1. The fourth-order valence-electron chi connectivity index (χ4n) is 1.74. The number of nitrogens with zero attached hydrogens (tertiary/aromatic N) is 3. The number of nitro groups is 1. The van der Waals surface area contributed by atoms with Crippen molar-refractivity contribution in [1.29, 1.82) is 0 Å². The Morgan fingerprint density at radius 2 is 1.86 bits per heavy atom. The Hall–Kier alpha value is -2.45. The summed E-state index contributed by atoms with van der Waals surface area (Å²) in [4.78, 5) is 21.8. The average Bonchev–Trinajstić information content (AvgIpc) is 2.41. The highest BCUT2D eigenvalue weighted by molar-refractivity contribution is 6.37. The number of benzene rings is 1. The third-order valence-electron chi connectivity index (χ3n) is 2.65. The Kier molecular flexibility index (Phi) is 3.92. The number of rotatable bonds is 3. The number of carbonyl (C=O) groups is 1. The van der Waals surface area contributed by atoms with Gasteiger partial charge < -0.3 is 11.5 Å². The van der Waals surface area contributed by atoms with Gasteiger partial charge in [0.1, 0.15) is 0 Å². The molecule has 0 saturated heterocycles. The summed E-state index contributed by atoms with van der Waals surface area (Å²) in [5.41, 5.74) is 10.9. The van der Waals surface area contributed by atoms with Gasteiger partial charge in [-0.2, -0.15) is 0 Å². The highest BCUT2D eigenvalue weighted by Gasteiger charge is 2.23. The number of nitrogens with two attached hydrogens (primary N) is 2. The van der Waals surface area contributed by atoms with Gasteiger partial charge in [0.2, 0.25) is 0 Å². The van der Waals surface area contributed by atoms with E-state index in [0.717, 1.165) is 6.07 Å². The third kappa shape index (κ3) is 2.71. The van der Waals surface area contributed by atoms with Gasteiger partial charge in [0.15, 0.2) is 10.3 Å². The fraction of sp³-hybridized carbons (Fsp3) is 0. The third-order valence-corrected chi connectivity index (χ3v) is 3.18. The molecule has 2 rings (SSSR count). The second-order valence-corrected chi connectivity index (χ2v) is 4.64. The molecule has 0 saturated carbocycles. The highest BCUT2D eigenvalue weighted by Crippen LogP contribution is 2.37. The zero-order valence-corrected chi connectivity index (χ0v) is 11.7.